The second-order valence-corrected chi connectivity index (χ2v) is 5.21. The molecule has 0 spiro atoms. The predicted molar refractivity (Wildman–Crippen MR) is 82.0 cm³/mol. The number of aryl methyl sites for hydroxylation is 1. The van der Waals surface area contributed by atoms with Crippen LogP contribution in [0, 0.1) is 0 Å². The van der Waals surface area contributed by atoms with Crippen molar-refractivity contribution < 1.29 is 4.74 Å². The maximum absolute atomic E-state index is 5.76. The Kier molecular flexibility index (Phi) is 3.61. The number of ether oxygens (including phenoxy) is 1. The van der Waals surface area contributed by atoms with E-state index in [1.807, 2.05) is 19.2 Å². The Morgan fingerprint density at radius 2 is 1.85 bits per heavy atom. The molecule has 1 atom stereocenters. The molecule has 2 aromatic rings. The fraction of sp³-hybridized carbons (Fsp3) is 0.294. The van der Waals surface area contributed by atoms with Crippen LogP contribution < -0.4 is 15.8 Å². The van der Waals surface area contributed by atoms with E-state index in [1.54, 1.807) is 0 Å². The molecule has 1 unspecified atom stereocenters. The van der Waals surface area contributed by atoms with Crippen LogP contribution in [0.4, 0.5) is 5.69 Å². The Morgan fingerprint density at radius 1 is 1.10 bits per heavy atom. The number of nitrogens with one attached hydrogen (secondary N) is 1. The van der Waals surface area contributed by atoms with Gasteiger partial charge in [-0.15, -0.1) is 0 Å². The number of rotatable bonds is 3. The molecular weight excluding hydrogens is 248 g/mol. The smallest absolute Gasteiger partial charge is 0.122 e. The SMILES string of the molecule is CNC(c1ccc(N)cc1)c1ccc2c(c1)CCCO2. The van der Waals surface area contributed by atoms with E-state index in [2.05, 4.69) is 35.6 Å². The first kappa shape index (κ1) is 13.0. The normalized spacial score (nSPS) is 15.2. The van der Waals surface area contributed by atoms with Crippen LogP contribution in [0.5, 0.6) is 5.75 Å². The number of anilines is 1. The van der Waals surface area contributed by atoms with Crippen molar-refractivity contribution in [1.29, 1.82) is 0 Å². The summed E-state index contributed by atoms with van der Waals surface area (Å²) >= 11 is 0. The van der Waals surface area contributed by atoms with Crippen LogP contribution in [0.25, 0.3) is 0 Å². The Bertz CT molecular complexity index is 592. The van der Waals surface area contributed by atoms with E-state index in [9.17, 15) is 0 Å². The molecular formula is C17H20N2O. The minimum Gasteiger partial charge on any atom is -0.493 e. The fourth-order valence-electron chi connectivity index (χ4n) is 2.77. The quantitative estimate of drug-likeness (QED) is 0.841. The third-order valence-electron chi connectivity index (χ3n) is 3.82. The number of benzene rings is 2. The van der Waals surface area contributed by atoms with Gasteiger partial charge in [0.15, 0.2) is 0 Å². The molecule has 3 N–H and O–H groups in total. The van der Waals surface area contributed by atoms with E-state index >= 15 is 0 Å². The summed E-state index contributed by atoms with van der Waals surface area (Å²) in [7, 11) is 1.98. The summed E-state index contributed by atoms with van der Waals surface area (Å²) in [6.45, 7) is 0.833. The first-order chi connectivity index (χ1) is 9.78. The Morgan fingerprint density at radius 3 is 2.60 bits per heavy atom. The molecule has 0 bridgehead atoms. The lowest BCUT2D eigenvalue weighted by atomic mass is 9.95. The molecule has 3 nitrogen and oxygen atoms in total. The summed E-state index contributed by atoms with van der Waals surface area (Å²) in [5.41, 5.74) is 10.4. The van der Waals surface area contributed by atoms with Gasteiger partial charge < -0.3 is 15.8 Å². The van der Waals surface area contributed by atoms with Crippen molar-refractivity contribution in [1.82, 2.24) is 5.32 Å². The molecule has 1 aliphatic rings. The summed E-state index contributed by atoms with van der Waals surface area (Å²) < 4.78 is 5.68. The first-order valence-corrected chi connectivity index (χ1v) is 7.06. The second-order valence-electron chi connectivity index (χ2n) is 5.21. The number of fused-ring (bicyclic) bond motifs is 1. The standard InChI is InChI=1S/C17H20N2O/c1-19-17(12-4-7-15(18)8-5-12)14-6-9-16-13(11-14)3-2-10-20-16/h4-9,11,17,19H,2-3,10,18H2,1H3. The van der Waals surface area contributed by atoms with Crippen LogP contribution in [-0.4, -0.2) is 13.7 Å². The highest BCUT2D eigenvalue weighted by Crippen LogP contribution is 2.30. The van der Waals surface area contributed by atoms with E-state index in [-0.39, 0.29) is 6.04 Å². The number of hydrogen-bond donors (Lipinski definition) is 2. The summed E-state index contributed by atoms with van der Waals surface area (Å²) in [5, 5.41) is 3.38. The van der Waals surface area contributed by atoms with E-state index < -0.39 is 0 Å². The molecule has 0 aromatic heterocycles. The Hall–Kier alpha value is -2.00. The molecule has 2 aromatic carbocycles. The van der Waals surface area contributed by atoms with E-state index in [4.69, 9.17) is 10.5 Å². The van der Waals surface area contributed by atoms with Crippen LogP contribution >= 0.6 is 0 Å². The minimum absolute atomic E-state index is 0.183. The average Bonchev–Trinajstić information content (AvgIpc) is 2.50. The summed E-state index contributed by atoms with van der Waals surface area (Å²) in [4.78, 5) is 0. The molecule has 0 amide bonds. The fourth-order valence-corrected chi connectivity index (χ4v) is 2.77. The van der Waals surface area contributed by atoms with E-state index in [0.717, 1.165) is 30.9 Å². The minimum atomic E-state index is 0.183. The molecule has 1 aliphatic heterocycles. The van der Waals surface area contributed by atoms with Gasteiger partial charge in [0.2, 0.25) is 0 Å². The highest BCUT2D eigenvalue weighted by molar-refractivity contribution is 5.45. The molecule has 0 saturated heterocycles. The molecule has 1 heterocycles. The van der Waals surface area contributed by atoms with Crippen LogP contribution in [0.2, 0.25) is 0 Å². The van der Waals surface area contributed by atoms with Gasteiger partial charge >= 0.3 is 0 Å². The van der Waals surface area contributed by atoms with Gasteiger partial charge in [0, 0.05) is 5.69 Å². The summed E-state index contributed by atoms with van der Waals surface area (Å²) in [6, 6.07) is 14.7. The zero-order valence-corrected chi connectivity index (χ0v) is 11.7. The lowest BCUT2D eigenvalue weighted by Crippen LogP contribution is -2.18. The van der Waals surface area contributed by atoms with Gasteiger partial charge in [-0.1, -0.05) is 24.3 Å². The molecule has 0 saturated carbocycles. The topological polar surface area (TPSA) is 47.3 Å². The van der Waals surface area contributed by atoms with Crippen LogP contribution in [0.1, 0.15) is 29.2 Å². The van der Waals surface area contributed by atoms with Crippen molar-refractivity contribution in [2.45, 2.75) is 18.9 Å². The van der Waals surface area contributed by atoms with Gasteiger partial charge in [-0.25, -0.2) is 0 Å². The predicted octanol–water partition coefficient (Wildman–Crippen LogP) is 2.90. The Labute approximate surface area is 119 Å². The van der Waals surface area contributed by atoms with Gasteiger partial charge in [-0.05, 0) is 54.8 Å². The van der Waals surface area contributed by atoms with Crippen molar-refractivity contribution in [3.05, 3.63) is 59.2 Å². The number of nitrogen functional groups attached to an aromatic ring is 1. The summed E-state index contributed by atoms with van der Waals surface area (Å²) in [5.74, 6) is 1.03. The van der Waals surface area contributed by atoms with Crippen molar-refractivity contribution in [3.8, 4) is 5.75 Å². The monoisotopic (exact) mass is 268 g/mol. The van der Waals surface area contributed by atoms with Crippen molar-refractivity contribution in [3.63, 3.8) is 0 Å². The van der Waals surface area contributed by atoms with Crippen molar-refractivity contribution in [2.24, 2.45) is 0 Å². The lowest BCUT2D eigenvalue weighted by molar-refractivity contribution is 0.288. The third kappa shape index (κ3) is 2.49. The molecule has 0 radical (unpaired) electrons. The van der Waals surface area contributed by atoms with Crippen LogP contribution in [-0.2, 0) is 6.42 Å². The summed E-state index contributed by atoms with van der Waals surface area (Å²) in [6.07, 6.45) is 2.20. The van der Waals surface area contributed by atoms with Gasteiger partial charge in [0.1, 0.15) is 5.75 Å². The van der Waals surface area contributed by atoms with Crippen molar-refractivity contribution in [2.75, 3.05) is 19.4 Å². The van der Waals surface area contributed by atoms with E-state index in [0.29, 0.717) is 0 Å². The van der Waals surface area contributed by atoms with E-state index in [1.165, 1.54) is 16.7 Å². The van der Waals surface area contributed by atoms with Gasteiger partial charge in [0.25, 0.3) is 0 Å². The Balaban J connectivity index is 1.94. The average molecular weight is 268 g/mol. The first-order valence-electron chi connectivity index (χ1n) is 7.06. The zero-order chi connectivity index (χ0) is 13.9. The molecule has 20 heavy (non-hydrogen) atoms. The van der Waals surface area contributed by atoms with Gasteiger partial charge in [0.05, 0.1) is 12.6 Å². The zero-order valence-electron chi connectivity index (χ0n) is 11.7. The maximum Gasteiger partial charge on any atom is 0.122 e. The van der Waals surface area contributed by atoms with Crippen LogP contribution in [0.3, 0.4) is 0 Å². The molecule has 104 valence electrons. The maximum atomic E-state index is 5.76. The molecule has 3 rings (SSSR count). The number of hydrogen-bond acceptors (Lipinski definition) is 3. The van der Waals surface area contributed by atoms with Gasteiger partial charge in [-0.3, -0.25) is 0 Å². The third-order valence-corrected chi connectivity index (χ3v) is 3.82. The molecule has 3 heteroatoms. The highest BCUT2D eigenvalue weighted by atomic mass is 16.5. The lowest BCUT2D eigenvalue weighted by Gasteiger charge is -2.22. The van der Waals surface area contributed by atoms with Crippen LogP contribution in [0.15, 0.2) is 42.5 Å². The van der Waals surface area contributed by atoms with Gasteiger partial charge in [-0.2, -0.15) is 0 Å². The molecule has 0 fully saturated rings. The number of nitrogens with two attached hydrogens (primary N) is 1. The molecule has 0 aliphatic carbocycles. The highest BCUT2D eigenvalue weighted by Gasteiger charge is 2.16. The largest absolute Gasteiger partial charge is 0.493 e. The van der Waals surface area contributed by atoms with Crippen molar-refractivity contribution >= 4 is 5.69 Å². The second kappa shape index (κ2) is 5.55.